The maximum Gasteiger partial charge on any atom is 0.272 e. The van der Waals surface area contributed by atoms with Crippen molar-refractivity contribution in [2.75, 3.05) is 5.01 Å². The average Bonchev–Trinajstić information content (AvgIpc) is 2.39. The molecule has 1 aliphatic heterocycles. The molecule has 5 heteroatoms. The third-order valence-corrected chi connectivity index (χ3v) is 3.14. The maximum absolute atomic E-state index is 12.3. The molecule has 1 amide bonds. The number of nitrogens with zero attached hydrogens (tertiary/aromatic N) is 2. The van der Waals surface area contributed by atoms with Crippen LogP contribution in [0.15, 0.2) is 40.5 Å². The summed E-state index contributed by atoms with van der Waals surface area (Å²) in [5.74, 6) is -0.328. The second kappa shape index (κ2) is 4.75. The maximum atomic E-state index is 12.3. The van der Waals surface area contributed by atoms with Crippen LogP contribution < -0.4 is 5.01 Å². The predicted molar refractivity (Wildman–Crippen MR) is 75.4 cm³/mol. The molecule has 3 nitrogen and oxygen atoms in total. The van der Waals surface area contributed by atoms with E-state index in [0.29, 0.717) is 10.7 Å². The molecule has 1 heterocycles. The first-order valence-electron chi connectivity index (χ1n) is 5.43. The molecule has 1 unspecified atom stereocenters. The van der Waals surface area contributed by atoms with Gasteiger partial charge in [-0.1, -0.05) is 29.8 Å². The summed E-state index contributed by atoms with van der Waals surface area (Å²) in [7, 11) is 0. The van der Waals surface area contributed by atoms with E-state index >= 15 is 0 Å². The molecule has 0 aromatic heterocycles. The molecule has 1 atom stereocenters. The summed E-state index contributed by atoms with van der Waals surface area (Å²) < 4.78 is 0. The third-order valence-electron chi connectivity index (χ3n) is 2.66. The Kier molecular flexibility index (Phi) is 3.46. The first kappa shape index (κ1) is 13.1. The minimum Gasteiger partial charge on any atom is -0.270 e. The number of carbonyl (C=O) groups is 1. The monoisotopic (exact) mass is 282 g/mol. The highest BCUT2D eigenvalue weighted by molar-refractivity contribution is 6.44. The Hall–Kier alpha value is -1.32. The van der Waals surface area contributed by atoms with Gasteiger partial charge in [-0.15, -0.1) is 11.6 Å². The van der Waals surface area contributed by atoms with Crippen molar-refractivity contribution in [3.8, 4) is 0 Å². The zero-order valence-electron chi connectivity index (χ0n) is 10.0. The Balaban J connectivity index is 2.50. The Morgan fingerprint density at radius 1 is 1.33 bits per heavy atom. The Labute approximate surface area is 116 Å². The van der Waals surface area contributed by atoms with E-state index in [1.54, 1.807) is 6.92 Å². The number of rotatable bonds is 1. The van der Waals surface area contributed by atoms with Gasteiger partial charge in [-0.25, -0.2) is 0 Å². The quantitative estimate of drug-likeness (QED) is 0.726. The number of amides is 1. The highest BCUT2D eigenvalue weighted by Gasteiger charge is 2.35. The van der Waals surface area contributed by atoms with Gasteiger partial charge in [0.25, 0.3) is 5.91 Å². The molecule has 0 radical (unpaired) electrons. The van der Waals surface area contributed by atoms with Crippen LogP contribution in [0.1, 0.15) is 12.5 Å². The number of hydrogen-bond donors (Lipinski definition) is 0. The molecule has 0 fully saturated rings. The average molecular weight is 283 g/mol. The van der Waals surface area contributed by atoms with Gasteiger partial charge in [0.2, 0.25) is 0 Å². The van der Waals surface area contributed by atoms with E-state index in [2.05, 4.69) is 5.10 Å². The lowest BCUT2D eigenvalue weighted by Gasteiger charge is -2.24. The molecule has 18 heavy (non-hydrogen) atoms. The minimum atomic E-state index is -1.20. The molecule has 0 N–H and O–H groups in total. The lowest BCUT2D eigenvalue weighted by molar-refractivity contribution is -0.119. The van der Waals surface area contributed by atoms with Crippen molar-refractivity contribution in [3.63, 3.8) is 0 Å². The summed E-state index contributed by atoms with van der Waals surface area (Å²) in [6.07, 6.45) is 2.90. The Morgan fingerprint density at radius 2 is 2.00 bits per heavy atom. The van der Waals surface area contributed by atoms with Gasteiger partial charge in [0, 0.05) is 0 Å². The fourth-order valence-corrected chi connectivity index (χ4v) is 2.22. The van der Waals surface area contributed by atoms with Crippen LogP contribution >= 0.6 is 23.2 Å². The van der Waals surface area contributed by atoms with E-state index in [1.807, 2.05) is 31.2 Å². The van der Waals surface area contributed by atoms with Crippen molar-refractivity contribution in [3.05, 3.63) is 40.9 Å². The van der Waals surface area contributed by atoms with Crippen LogP contribution in [-0.4, -0.2) is 17.0 Å². The van der Waals surface area contributed by atoms with Crippen molar-refractivity contribution >= 4 is 41.0 Å². The number of aryl methyl sites for hydroxylation is 1. The fourth-order valence-electron chi connectivity index (χ4n) is 1.70. The number of hydrazone groups is 1. The molecule has 0 spiro atoms. The van der Waals surface area contributed by atoms with Crippen molar-refractivity contribution in [1.29, 1.82) is 0 Å². The second-order valence-corrected chi connectivity index (χ2v) is 5.47. The highest BCUT2D eigenvalue weighted by atomic mass is 35.5. The van der Waals surface area contributed by atoms with Gasteiger partial charge < -0.3 is 0 Å². The van der Waals surface area contributed by atoms with Gasteiger partial charge in [-0.05, 0) is 31.6 Å². The highest BCUT2D eigenvalue weighted by Crippen LogP contribution is 2.29. The minimum absolute atomic E-state index is 0.328. The van der Waals surface area contributed by atoms with Crippen molar-refractivity contribution in [2.24, 2.45) is 5.10 Å². The molecule has 0 saturated carbocycles. The molecule has 2 rings (SSSR count). The second-order valence-electron chi connectivity index (χ2n) is 4.25. The molecule has 0 saturated heterocycles. The lowest BCUT2D eigenvalue weighted by atomic mass is 10.1. The van der Waals surface area contributed by atoms with E-state index < -0.39 is 4.87 Å². The number of para-hydroxylation sites is 1. The van der Waals surface area contributed by atoms with Gasteiger partial charge in [0.1, 0.15) is 4.87 Å². The van der Waals surface area contributed by atoms with Crippen LogP contribution in [0, 0.1) is 6.92 Å². The zero-order chi connectivity index (χ0) is 13.3. The first-order chi connectivity index (χ1) is 8.42. The topological polar surface area (TPSA) is 32.7 Å². The third kappa shape index (κ3) is 2.42. The summed E-state index contributed by atoms with van der Waals surface area (Å²) in [6.45, 7) is 3.50. The molecular formula is C13H12Cl2N2O. The molecule has 0 bridgehead atoms. The Bertz CT molecular complexity index is 550. The van der Waals surface area contributed by atoms with Gasteiger partial charge >= 0.3 is 0 Å². The number of hydrogen-bond acceptors (Lipinski definition) is 2. The molecular weight excluding hydrogens is 271 g/mol. The SMILES string of the molecule is Cc1ccccc1N1N=CC(Cl)=CC(C)(Cl)C1=O. The van der Waals surface area contributed by atoms with E-state index in [9.17, 15) is 4.79 Å². The number of carbonyl (C=O) groups excluding carboxylic acids is 1. The van der Waals surface area contributed by atoms with Gasteiger partial charge in [0.05, 0.1) is 16.9 Å². The molecule has 1 aromatic carbocycles. The predicted octanol–water partition coefficient (Wildman–Crippen LogP) is 3.45. The first-order valence-corrected chi connectivity index (χ1v) is 6.19. The van der Waals surface area contributed by atoms with Crippen LogP contribution in [0.2, 0.25) is 0 Å². The number of benzene rings is 1. The van der Waals surface area contributed by atoms with Gasteiger partial charge in [0.15, 0.2) is 0 Å². The molecule has 0 aliphatic carbocycles. The molecule has 1 aliphatic rings. The van der Waals surface area contributed by atoms with Crippen molar-refractivity contribution in [2.45, 2.75) is 18.7 Å². The van der Waals surface area contributed by atoms with E-state index in [-0.39, 0.29) is 5.91 Å². The van der Waals surface area contributed by atoms with Gasteiger partial charge in [-0.2, -0.15) is 10.1 Å². The normalized spacial score (nSPS) is 23.9. The van der Waals surface area contributed by atoms with Crippen LogP contribution in [0.25, 0.3) is 0 Å². The summed E-state index contributed by atoms with van der Waals surface area (Å²) in [6, 6.07) is 7.47. The standard InChI is InChI=1S/C13H12Cl2N2O/c1-9-5-3-4-6-11(9)17-12(18)13(2,15)7-10(14)8-16-17/h3-8H,1-2H3. The van der Waals surface area contributed by atoms with Crippen LogP contribution in [0.3, 0.4) is 0 Å². The largest absolute Gasteiger partial charge is 0.272 e. The van der Waals surface area contributed by atoms with Gasteiger partial charge in [-0.3, -0.25) is 4.79 Å². The Morgan fingerprint density at radius 3 is 2.67 bits per heavy atom. The van der Waals surface area contributed by atoms with Crippen molar-refractivity contribution < 1.29 is 4.79 Å². The van der Waals surface area contributed by atoms with Crippen LogP contribution in [-0.2, 0) is 4.79 Å². The summed E-state index contributed by atoms with van der Waals surface area (Å²) in [5.41, 5.74) is 1.64. The van der Waals surface area contributed by atoms with Crippen molar-refractivity contribution in [1.82, 2.24) is 0 Å². The number of anilines is 1. The van der Waals surface area contributed by atoms with E-state index in [4.69, 9.17) is 23.2 Å². The van der Waals surface area contributed by atoms with E-state index in [1.165, 1.54) is 17.3 Å². The van der Waals surface area contributed by atoms with E-state index in [0.717, 1.165) is 5.56 Å². The summed E-state index contributed by atoms with van der Waals surface area (Å²) >= 11 is 12.1. The summed E-state index contributed by atoms with van der Waals surface area (Å²) in [4.78, 5) is 11.1. The number of allylic oxidation sites excluding steroid dienone is 1. The fraction of sp³-hybridized carbons (Fsp3) is 0.231. The lowest BCUT2D eigenvalue weighted by Crippen LogP contribution is -2.39. The van der Waals surface area contributed by atoms with Crippen LogP contribution in [0.4, 0.5) is 5.69 Å². The molecule has 1 aromatic rings. The molecule has 94 valence electrons. The number of halogens is 2. The summed E-state index contributed by atoms with van der Waals surface area (Å²) in [5, 5.41) is 5.72. The smallest absolute Gasteiger partial charge is 0.270 e. The number of alkyl halides is 1. The zero-order valence-corrected chi connectivity index (χ0v) is 11.5. The van der Waals surface area contributed by atoms with Crippen LogP contribution in [0.5, 0.6) is 0 Å².